The minimum Gasteiger partial charge on any atom is -0.486 e. The Kier molecular flexibility index (Phi) is 6.55. The van der Waals surface area contributed by atoms with E-state index in [2.05, 4.69) is 24.8 Å². The molecule has 0 atom stereocenters. The normalized spacial score (nSPS) is 15.2. The van der Waals surface area contributed by atoms with Crippen molar-refractivity contribution < 1.29 is 22.6 Å². The van der Waals surface area contributed by atoms with Gasteiger partial charge in [0.1, 0.15) is 24.3 Å². The van der Waals surface area contributed by atoms with E-state index in [0.29, 0.717) is 60.0 Å². The van der Waals surface area contributed by atoms with Gasteiger partial charge >= 0.3 is 6.18 Å². The van der Waals surface area contributed by atoms with Gasteiger partial charge in [-0.15, -0.1) is 0 Å². The lowest BCUT2D eigenvalue weighted by molar-refractivity contribution is -0.140. The standard InChI is InChI=1S/C28H28F3N7O2/c1-16(2)38-14-21(28(29,30)31)35-25(38)19-6-4-17(5-7-19)13-37-10-11-40-20-12-32-24(36-26(20)37)22-23(18-8-9-18)33-15-34-27(22)39-3/h4-7,12,14-16,18H,8-11,13H2,1-3H3. The Hall–Kier alpha value is -4.22. The van der Waals surface area contributed by atoms with Crippen LogP contribution in [0.1, 0.15) is 55.6 Å². The number of nitrogens with zero attached hydrogens (tertiary/aromatic N) is 7. The topological polar surface area (TPSA) is 91.1 Å². The van der Waals surface area contributed by atoms with Gasteiger partial charge in [0, 0.05) is 30.3 Å². The highest BCUT2D eigenvalue weighted by Gasteiger charge is 2.35. The van der Waals surface area contributed by atoms with Crippen LogP contribution in [0.15, 0.2) is 43.0 Å². The molecule has 4 aromatic rings. The van der Waals surface area contributed by atoms with Crippen LogP contribution in [0.5, 0.6) is 11.6 Å². The van der Waals surface area contributed by atoms with E-state index >= 15 is 0 Å². The molecule has 0 unspecified atom stereocenters. The van der Waals surface area contributed by atoms with E-state index < -0.39 is 11.9 Å². The van der Waals surface area contributed by atoms with Gasteiger partial charge in [-0.25, -0.2) is 24.9 Å². The van der Waals surface area contributed by atoms with Crippen LogP contribution in [0.3, 0.4) is 0 Å². The molecule has 1 saturated carbocycles. The van der Waals surface area contributed by atoms with E-state index in [4.69, 9.17) is 14.5 Å². The van der Waals surface area contributed by atoms with Gasteiger partial charge in [0.15, 0.2) is 23.1 Å². The maximum atomic E-state index is 13.3. The van der Waals surface area contributed by atoms with E-state index in [1.165, 1.54) is 6.33 Å². The van der Waals surface area contributed by atoms with Gasteiger partial charge in [-0.3, -0.25) is 0 Å². The highest BCUT2D eigenvalue weighted by atomic mass is 19.4. The molecular weight excluding hydrogens is 523 g/mol. The van der Waals surface area contributed by atoms with E-state index in [1.54, 1.807) is 30.0 Å². The molecule has 0 bridgehead atoms. The average Bonchev–Trinajstić information content (AvgIpc) is 3.69. The third kappa shape index (κ3) is 4.93. The number of rotatable bonds is 7. The number of ether oxygens (including phenoxy) is 2. The van der Waals surface area contributed by atoms with Gasteiger partial charge in [-0.05, 0) is 32.3 Å². The fourth-order valence-corrected chi connectivity index (χ4v) is 4.87. The number of hydrogen-bond acceptors (Lipinski definition) is 8. The van der Waals surface area contributed by atoms with Gasteiger partial charge in [0.05, 0.1) is 25.5 Å². The Labute approximate surface area is 229 Å². The molecule has 208 valence electrons. The zero-order valence-electron chi connectivity index (χ0n) is 22.3. The number of methoxy groups -OCH3 is 1. The Balaban J connectivity index is 1.29. The van der Waals surface area contributed by atoms with E-state index in [1.807, 2.05) is 26.0 Å². The number of hydrogen-bond donors (Lipinski definition) is 0. The number of fused-ring (bicyclic) bond motifs is 1. The third-order valence-electron chi connectivity index (χ3n) is 7.04. The summed E-state index contributed by atoms with van der Waals surface area (Å²) in [4.78, 5) is 24.2. The smallest absolute Gasteiger partial charge is 0.434 e. The predicted molar refractivity (Wildman–Crippen MR) is 141 cm³/mol. The molecule has 1 fully saturated rings. The van der Waals surface area contributed by atoms with Crippen molar-refractivity contribution in [2.24, 2.45) is 0 Å². The number of anilines is 1. The summed E-state index contributed by atoms with van der Waals surface area (Å²) >= 11 is 0. The van der Waals surface area contributed by atoms with Crippen molar-refractivity contribution in [3.63, 3.8) is 0 Å². The van der Waals surface area contributed by atoms with Gasteiger partial charge in [-0.1, -0.05) is 24.3 Å². The van der Waals surface area contributed by atoms with E-state index in [9.17, 15) is 13.2 Å². The molecule has 40 heavy (non-hydrogen) atoms. The van der Waals surface area contributed by atoms with Crippen LogP contribution < -0.4 is 14.4 Å². The molecule has 0 radical (unpaired) electrons. The molecule has 0 N–H and O–H groups in total. The number of alkyl halides is 3. The molecule has 4 heterocycles. The molecule has 0 amide bonds. The van der Waals surface area contributed by atoms with Gasteiger partial charge in [0.2, 0.25) is 5.88 Å². The number of aromatic nitrogens is 6. The Morgan fingerprint density at radius 3 is 2.52 bits per heavy atom. The van der Waals surface area contributed by atoms with Gasteiger partial charge in [0.25, 0.3) is 0 Å². The first-order valence-corrected chi connectivity index (χ1v) is 13.1. The fourth-order valence-electron chi connectivity index (χ4n) is 4.87. The van der Waals surface area contributed by atoms with Crippen molar-refractivity contribution in [1.82, 2.24) is 29.5 Å². The van der Waals surface area contributed by atoms with Crippen molar-refractivity contribution in [3.05, 3.63) is 59.9 Å². The lowest BCUT2D eigenvalue weighted by atomic mass is 10.1. The maximum Gasteiger partial charge on any atom is 0.434 e. The van der Waals surface area contributed by atoms with Crippen molar-refractivity contribution in [2.75, 3.05) is 25.2 Å². The molecule has 1 aliphatic carbocycles. The second-order valence-corrected chi connectivity index (χ2v) is 10.2. The lowest BCUT2D eigenvalue weighted by Gasteiger charge is -2.30. The molecule has 0 spiro atoms. The number of imidazole rings is 1. The molecule has 6 rings (SSSR count). The highest BCUT2D eigenvalue weighted by Crippen LogP contribution is 2.45. The van der Waals surface area contributed by atoms with Crippen molar-refractivity contribution in [2.45, 2.75) is 51.4 Å². The summed E-state index contributed by atoms with van der Waals surface area (Å²) in [5.41, 5.74) is 2.27. The van der Waals surface area contributed by atoms with Crippen molar-refractivity contribution >= 4 is 5.82 Å². The molecule has 1 aromatic carbocycles. The second kappa shape index (κ2) is 10.1. The maximum absolute atomic E-state index is 13.3. The van der Waals surface area contributed by atoms with Crippen molar-refractivity contribution in [1.29, 1.82) is 0 Å². The summed E-state index contributed by atoms with van der Waals surface area (Å²) < 4.78 is 52.9. The Bertz CT molecular complexity index is 1530. The Morgan fingerprint density at radius 1 is 1.07 bits per heavy atom. The highest BCUT2D eigenvalue weighted by molar-refractivity contribution is 5.69. The summed E-state index contributed by atoms with van der Waals surface area (Å²) in [5.74, 6) is 2.77. The minimum atomic E-state index is -4.51. The van der Waals surface area contributed by atoms with Crippen molar-refractivity contribution in [3.8, 4) is 34.4 Å². The van der Waals surface area contributed by atoms with Crippen LogP contribution in [0.2, 0.25) is 0 Å². The third-order valence-corrected chi connectivity index (χ3v) is 7.04. The van der Waals surface area contributed by atoms with Crippen LogP contribution in [-0.2, 0) is 12.7 Å². The molecular formula is C28H28F3N7O2. The zero-order valence-corrected chi connectivity index (χ0v) is 22.3. The zero-order chi connectivity index (χ0) is 28.0. The van der Waals surface area contributed by atoms with Gasteiger partial charge < -0.3 is 18.9 Å². The quantitative estimate of drug-likeness (QED) is 0.290. The minimum absolute atomic E-state index is 0.175. The average molecular weight is 552 g/mol. The predicted octanol–water partition coefficient (Wildman–Crippen LogP) is 5.68. The molecule has 0 saturated heterocycles. The molecule has 9 nitrogen and oxygen atoms in total. The molecule has 1 aliphatic heterocycles. The van der Waals surface area contributed by atoms with Crippen LogP contribution in [0.4, 0.5) is 19.0 Å². The summed E-state index contributed by atoms with van der Waals surface area (Å²) in [6.07, 6.45) is 1.84. The summed E-state index contributed by atoms with van der Waals surface area (Å²) in [6, 6.07) is 7.23. The van der Waals surface area contributed by atoms with Crippen LogP contribution in [-0.4, -0.2) is 49.7 Å². The van der Waals surface area contributed by atoms with Crippen LogP contribution in [0, 0.1) is 0 Å². The molecule has 12 heteroatoms. The lowest BCUT2D eigenvalue weighted by Crippen LogP contribution is -2.33. The first-order valence-electron chi connectivity index (χ1n) is 13.1. The number of benzene rings is 1. The van der Waals surface area contributed by atoms with Crippen LogP contribution in [0.25, 0.3) is 22.8 Å². The van der Waals surface area contributed by atoms with E-state index in [0.717, 1.165) is 30.3 Å². The number of halogens is 3. The van der Waals surface area contributed by atoms with E-state index in [-0.39, 0.29) is 11.9 Å². The first-order chi connectivity index (χ1) is 19.2. The van der Waals surface area contributed by atoms with Gasteiger partial charge in [-0.2, -0.15) is 13.2 Å². The van der Waals surface area contributed by atoms with Crippen LogP contribution >= 0.6 is 0 Å². The SMILES string of the molecule is COc1ncnc(C2CC2)c1-c1ncc2c(n1)N(Cc1ccc(-c3nc(C(F)(F)F)cn3C(C)C)cc1)CCO2. The summed E-state index contributed by atoms with van der Waals surface area (Å²) in [6.45, 7) is 5.27. The monoisotopic (exact) mass is 551 g/mol. The second-order valence-electron chi connectivity index (χ2n) is 10.2. The first kappa shape index (κ1) is 26.0. The molecule has 3 aromatic heterocycles. The largest absolute Gasteiger partial charge is 0.486 e. The fraction of sp³-hybridized carbons (Fsp3) is 0.393. The summed E-state index contributed by atoms with van der Waals surface area (Å²) in [7, 11) is 1.57. The summed E-state index contributed by atoms with van der Waals surface area (Å²) in [5, 5.41) is 0. The Morgan fingerprint density at radius 2 is 1.85 bits per heavy atom. The molecule has 2 aliphatic rings.